The van der Waals surface area contributed by atoms with Crippen LogP contribution >= 0.6 is 11.3 Å². The van der Waals surface area contributed by atoms with Gasteiger partial charge in [0.1, 0.15) is 0 Å². The monoisotopic (exact) mass is 255 g/mol. The second-order valence-electron chi connectivity index (χ2n) is 3.13. The van der Waals surface area contributed by atoms with Gasteiger partial charge in [-0.2, -0.15) is 0 Å². The Morgan fingerprint density at radius 3 is 2.71 bits per heavy atom. The SMILES string of the molecule is CCOC(=O)NC(=C(C)C(=O)O)c1cccs1. The molecule has 92 valence electrons. The van der Waals surface area contributed by atoms with Crippen molar-refractivity contribution in [1.29, 1.82) is 0 Å². The standard InChI is InChI=1S/C11H13NO4S/c1-3-16-11(15)12-9(7(2)10(13)14)8-5-4-6-17-8/h4-6H,3H2,1-2H3,(H,12,15)(H,13,14). The maximum absolute atomic E-state index is 11.3. The van der Waals surface area contributed by atoms with Crippen molar-refractivity contribution in [2.45, 2.75) is 13.8 Å². The Bertz CT molecular complexity index is 436. The molecule has 0 saturated carbocycles. The Kier molecular flexibility index (Phi) is 4.71. The first-order chi connectivity index (χ1) is 8.06. The third-order valence-corrected chi connectivity index (χ3v) is 2.85. The van der Waals surface area contributed by atoms with E-state index in [1.807, 2.05) is 0 Å². The van der Waals surface area contributed by atoms with Crippen molar-refractivity contribution in [2.75, 3.05) is 6.61 Å². The van der Waals surface area contributed by atoms with Gasteiger partial charge in [-0.15, -0.1) is 11.3 Å². The van der Waals surface area contributed by atoms with E-state index in [0.717, 1.165) is 0 Å². The molecule has 5 nitrogen and oxygen atoms in total. The van der Waals surface area contributed by atoms with Crippen molar-refractivity contribution in [2.24, 2.45) is 0 Å². The van der Waals surface area contributed by atoms with E-state index in [1.165, 1.54) is 18.3 Å². The van der Waals surface area contributed by atoms with Gasteiger partial charge in [-0.3, -0.25) is 5.32 Å². The molecule has 0 spiro atoms. The minimum absolute atomic E-state index is 0.0699. The molecule has 0 unspecified atom stereocenters. The van der Waals surface area contributed by atoms with Crippen LogP contribution in [0.2, 0.25) is 0 Å². The van der Waals surface area contributed by atoms with Gasteiger partial charge in [-0.05, 0) is 25.3 Å². The number of nitrogens with one attached hydrogen (secondary N) is 1. The molecular weight excluding hydrogens is 242 g/mol. The number of thiophene rings is 1. The second kappa shape index (κ2) is 6.05. The molecule has 1 amide bonds. The summed E-state index contributed by atoms with van der Waals surface area (Å²) in [6, 6.07) is 3.51. The molecule has 1 rings (SSSR count). The molecule has 0 fully saturated rings. The fourth-order valence-corrected chi connectivity index (χ4v) is 1.92. The van der Waals surface area contributed by atoms with Gasteiger partial charge in [0.05, 0.1) is 22.8 Å². The van der Waals surface area contributed by atoms with Crippen molar-refractivity contribution in [1.82, 2.24) is 5.32 Å². The van der Waals surface area contributed by atoms with E-state index in [-0.39, 0.29) is 17.9 Å². The minimum atomic E-state index is -1.08. The largest absolute Gasteiger partial charge is 0.478 e. The number of aliphatic carboxylic acids is 1. The molecule has 0 radical (unpaired) electrons. The number of carboxylic acid groups (broad SMARTS) is 1. The van der Waals surface area contributed by atoms with Crippen LogP contribution in [0.15, 0.2) is 23.1 Å². The first-order valence-electron chi connectivity index (χ1n) is 4.98. The Hall–Kier alpha value is -1.82. The van der Waals surface area contributed by atoms with Crippen LogP contribution in [0, 0.1) is 0 Å². The second-order valence-corrected chi connectivity index (χ2v) is 4.08. The lowest BCUT2D eigenvalue weighted by Crippen LogP contribution is -2.24. The van der Waals surface area contributed by atoms with Gasteiger partial charge in [0.2, 0.25) is 0 Å². The van der Waals surface area contributed by atoms with Crippen LogP contribution in [0.5, 0.6) is 0 Å². The van der Waals surface area contributed by atoms with Gasteiger partial charge in [-0.1, -0.05) is 6.07 Å². The quantitative estimate of drug-likeness (QED) is 0.809. The molecule has 0 aliphatic heterocycles. The molecule has 0 aliphatic rings. The summed E-state index contributed by atoms with van der Waals surface area (Å²) >= 11 is 1.35. The number of carbonyl (C=O) groups excluding carboxylic acids is 1. The Morgan fingerprint density at radius 1 is 1.53 bits per heavy atom. The third-order valence-electron chi connectivity index (χ3n) is 1.97. The van der Waals surface area contributed by atoms with Gasteiger partial charge < -0.3 is 9.84 Å². The predicted octanol–water partition coefficient (Wildman–Crippen LogP) is 2.31. The van der Waals surface area contributed by atoms with Gasteiger partial charge in [-0.25, -0.2) is 9.59 Å². The maximum atomic E-state index is 11.3. The summed E-state index contributed by atoms with van der Waals surface area (Å²) in [7, 11) is 0. The zero-order valence-corrected chi connectivity index (χ0v) is 10.3. The van der Waals surface area contributed by atoms with Crippen LogP contribution in [0.3, 0.4) is 0 Å². The van der Waals surface area contributed by atoms with E-state index in [1.54, 1.807) is 24.4 Å². The summed E-state index contributed by atoms with van der Waals surface area (Å²) < 4.78 is 4.73. The van der Waals surface area contributed by atoms with Crippen LogP contribution in [0.25, 0.3) is 5.70 Å². The third kappa shape index (κ3) is 3.60. The van der Waals surface area contributed by atoms with Gasteiger partial charge in [0, 0.05) is 0 Å². The van der Waals surface area contributed by atoms with Gasteiger partial charge in [0.25, 0.3) is 0 Å². The molecule has 0 saturated heterocycles. The number of rotatable bonds is 4. The van der Waals surface area contributed by atoms with Crippen molar-refractivity contribution >= 4 is 29.1 Å². The molecular formula is C11H13NO4S. The molecule has 2 N–H and O–H groups in total. The summed E-state index contributed by atoms with van der Waals surface area (Å²) in [6.07, 6.45) is -0.656. The maximum Gasteiger partial charge on any atom is 0.411 e. The van der Waals surface area contributed by atoms with Crippen LogP contribution in [-0.4, -0.2) is 23.8 Å². The molecule has 17 heavy (non-hydrogen) atoms. The van der Waals surface area contributed by atoms with Crippen molar-refractivity contribution < 1.29 is 19.4 Å². The summed E-state index contributed by atoms with van der Waals surface area (Å²) in [5, 5.41) is 13.2. The zero-order chi connectivity index (χ0) is 12.8. The normalized spacial score (nSPS) is 11.6. The van der Waals surface area contributed by atoms with Gasteiger partial charge >= 0.3 is 12.1 Å². The lowest BCUT2D eigenvalue weighted by Gasteiger charge is -2.10. The van der Waals surface area contributed by atoms with Gasteiger partial charge in [0.15, 0.2) is 0 Å². The number of amides is 1. The van der Waals surface area contributed by atoms with E-state index in [9.17, 15) is 9.59 Å². The average Bonchev–Trinajstić information content (AvgIpc) is 2.78. The molecule has 0 atom stereocenters. The van der Waals surface area contributed by atoms with E-state index in [0.29, 0.717) is 4.88 Å². The molecule has 1 aromatic heterocycles. The first kappa shape index (κ1) is 13.2. The predicted molar refractivity (Wildman–Crippen MR) is 64.7 cm³/mol. The highest BCUT2D eigenvalue weighted by molar-refractivity contribution is 7.11. The van der Waals surface area contributed by atoms with Crippen LogP contribution in [-0.2, 0) is 9.53 Å². The molecule has 1 heterocycles. The molecule has 0 bridgehead atoms. The molecule has 0 aliphatic carbocycles. The number of ether oxygens (including phenoxy) is 1. The van der Waals surface area contributed by atoms with E-state index in [2.05, 4.69) is 5.32 Å². The van der Waals surface area contributed by atoms with E-state index >= 15 is 0 Å². The number of alkyl carbamates (subject to hydrolysis) is 1. The lowest BCUT2D eigenvalue weighted by molar-refractivity contribution is -0.132. The van der Waals surface area contributed by atoms with Crippen molar-refractivity contribution in [3.05, 3.63) is 28.0 Å². The topological polar surface area (TPSA) is 75.6 Å². The highest BCUT2D eigenvalue weighted by Crippen LogP contribution is 2.21. The molecule has 1 aromatic rings. The molecule has 0 aromatic carbocycles. The zero-order valence-electron chi connectivity index (χ0n) is 9.52. The summed E-state index contributed by atoms with van der Waals surface area (Å²) in [4.78, 5) is 22.9. The van der Waals surface area contributed by atoms with E-state index < -0.39 is 12.1 Å². The lowest BCUT2D eigenvalue weighted by atomic mass is 10.2. The van der Waals surface area contributed by atoms with Crippen LogP contribution in [0.1, 0.15) is 18.7 Å². The molecule has 6 heteroatoms. The highest BCUT2D eigenvalue weighted by Gasteiger charge is 2.15. The Labute approximate surface area is 103 Å². The van der Waals surface area contributed by atoms with Crippen LogP contribution in [0.4, 0.5) is 4.79 Å². The minimum Gasteiger partial charge on any atom is -0.478 e. The fourth-order valence-electron chi connectivity index (χ4n) is 1.14. The number of carboxylic acids is 1. The number of carbonyl (C=O) groups is 2. The summed E-state index contributed by atoms with van der Waals surface area (Å²) in [5.74, 6) is -1.08. The summed E-state index contributed by atoms with van der Waals surface area (Å²) in [6.45, 7) is 3.34. The fraction of sp³-hybridized carbons (Fsp3) is 0.273. The van der Waals surface area contributed by atoms with Crippen molar-refractivity contribution in [3.63, 3.8) is 0 Å². The number of hydrogen-bond acceptors (Lipinski definition) is 4. The Balaban J connectivity index is 3.01. The number of hydrogen-bond donors (Lipinski definition) is 2. The highest BCUT2D eigenvalue weighted by atomic mass is 32.1. The average molecular weight is 255 g/mol. The summed E-state index contributed by atoms with van der Waals surface area (Å²) in [5.41, 5.74) is 0.339. The Morgan fingerprint density at radius 2 is 2.24 bits per heavy atom. The smallest absolute Gasteiger partial charge is 0.411 e. The first-order valence-corrected chi connectivity index (χ1v) is 5.86. The van der Waals surface area contributed by atoms with Crippen LogP contribution < -0.4 is 5.32 Å². The van der Waals surface area contributed by atoms with E-state index in [4.69, 9.17) is 9.84 Å². The van der Waals surface area contributed by atoms with Crippen molar-refractivity contribution in [3.8, 4) is 0 Å².